The van der Waals surface area contributed by atoms with Crippen molar-refractivity contribution in [3.05, 3.63) is 42.0 Å². The molecule has 0 unspecified atom stereocenters. The van der Waals surface area contributed by atoms with Crippen LogP contribution in [0.25, 0.3) is 22.3 Å². The number of anilines is 1. The molecule has 4 nitrogen and oxygen atoms in total. The van der Waals surface area contributed by atoms with E-state index in [-0.39, 0.29) is 22.5 Å². The summed E-state index contributed by atoms with van der Waals surface area (Å²) < 4.78 is 39.4. The summed E-state index contributed by atoms with van der Waals surface area (Å²) in [6.07, 6.45) is -4.53. The third kappa shape index (κ3) is 1.97. The van der Waals surface area contributed by atoms with Gasteiger partial charge in [-0.15, -0.1) is 0 Å². The van der Waals surface area contributed by atoms with Crippen LogP contribution in [0.15, 0.2) is 36.4 Å². The molecule has 3 N–H and O–H groups in total. The van der Waals surface area contributed by atoms with E-state index >= 15 is 0 Å². The van der Waals surface area contributed by atoms with Gasteiger partial charge in [-0.25, -0.2) is 4.98 Å². The molecule has 0 saturated carbocycles. The number of aromatic amines is 1. The van der Waals surface area contributed by atoms with Crippen LogP contribution < -0.4 is 5.73 Å². The van der Waals surface area contributed by atoms with Crippen LogP contribution in [0.4, 0.5) is 19.0 Å². The van der Waals surface area contributed by atoms with E-state index in [4.69, 9.17) is 5.73 Å². The summed E-state index contributed by atoms with van der Waals surface area (Å²) in [5.74, 6) is -0.139. The van der Waals surface area contributed by atoms with Crippen LogP contribution in [0.3, 0.4) is 0 Å². The summed E-state index contributed by atoms with van der Waals surface area (Å²) in [7, 11) is 0. The molecule has 0 saturated heterocycles. The van der Waals surface area contributed by atoms with Crippen LogP contribution in [0.2, 0.25) is 0 Å². The molecule has 2 heterocycles. The Bertz CT molecular complexity index is 762. The Hall–Kier alpha value is -2.57. The largest absolute Gasteiger partial charge is 0.417 e. The maximum Gasteiger partial charge on any atom is 0.417 e. The highest BCUT2D eigenvalue weighted by atomic mass is 19.4. The van der Waals surface area contributed by atoms with Crippen molar-refractivity contribution < 1.29 is 13.2 Å². The lowest BCUT2D eigenvalue weighted by Gasteiger charge is -2.10. The fourth-order valence-corrected chi connectivity index (χ4v) is 2.03. The normalized spacial score (nSPS) is 11.9. The molecule has 3 aromatic rings. The van der Waals surface area contributed by atoms with Gasteiger partial charge in [0.2, 0.25) is 0 Å². The van der Waals surface area contributed by atoms with E-state index in [1.807, 2.05) is 0 Å². The molecule has 1 aromatic carbocycles. The zero-order valence-electron chi connectivity index (χ0n) is 10.1. The fourth-order valence-electron chi connectivity index (χ4n) is 2.03. The molecule has 7 heteroatoms. The number of aromatic nitrogens is 3. The number of H-pyrrole nitrogens is 1. The first-order valence-electron chi connectivity index (χ1n) is 5.74. The molecule has 20 heavy (non-hydrogen) atoms. The average Bonchev–Trinajstić information content (AvgIpc) is 2.79. The van der Waals surface area contributed by atoms with Crippen molar-refractivity contribution in [2.45, 2.75) is 6.18 Å². The lowest BCUT2D eigenvalue weighted by atomic mass is 10.1. The van der Waals surface area contributed by atoms with Crippen molar-refractivity contribution in [3.63, 3.8) is 0 Å². The first kappa shape index (κ1) is 12.5. The second-order valence-corrected chi connectivity index (χ2v) is 4.25. The number of nitrogens with zero attached hydrogens (tertiary/aromatic N) is 2. The van der Waals surface area contributed by atoms with Gasteiger partial charge in [0.15, 0.2) is 5.65 Å². The number of halogens is 3. The lowest BCUT2D eigenvalue weighted by Crippen LogP contribution is -2.07. The van der Waals surface area contributed by atoms with Gasteiger partial charge in [-0.2, -0.15) is 18.3 Å². The number of hydrogen-bond acceptors (Lipinski definition) is 3. The van der Waals surface area contributed by atoms with Crippen LogP contribution in [0.1, 0.15) is 5.56 Å². The van der Waals surface area contributed by atoms with Crippen LogP contribution in [0.5, 0.6) is 0 Å². The highest BCUT2D eigenvalue weighted by Crippen LogP contribution is 2.38. The molecule has 0 aliphatic carbocycles. The summed E-state index contributed by atoms with van der Waals surface area (Å²) in [5.41, 5.74) is 5.41. The monoisotopic (exact) mass is 278 g/mol. The number of alkyl halides is 3. The van der Waals surface area contributed by atoms with Crippen molar-refractivity contribution >= 4 is 16.9 Å². The minimum absolute atomic E-state index is 0.0452. The summed E-state index contributed by atoms with van der Waals surface area (Å²) >= 11 is 0. The number of nitrogens with one attached hydrogen (secondary N) is 1. The third-order valence-corrected chi connectivity index (χ3v) is 2.93. The molecule has 0 bridgehead atoms. The molecule has 0 fully saturated rings. The van der Waals surface area contributed by atoms with Gasteiger partial charge in [0.25, 0.3) is 0 Å². The second kappa shape index (κ2) is 4.22. The van der Waals surface area contributed by atoms with Gasteiger partial charge in [0, 0.05) is 5.56 Å². The molecule has 0 radical (unpaired) electrons. The lowest BCUT2D eigenvalue weighted by molar-refractivity contribution is -0.136. The third-order valence-electron chi connectivity index (χ3n) is 2.93. The highest BCUT2D eigenvalue weighted by molar-refractivity contribution is 5.91. The van der Waals surface area contributed by atoms with E-state index in [9.17, 15) is 13.2 Å². The topological polar surface area (TPSA) is 67.6 Å². The number of fused-ring (bicyclic) bond motifs is 1. The second-order valence-electron chi connectivity index (χ2n) is 4.25. The Labute approximate surface area is 111 Å². The Balaban J connectivity index is 2.32. The van der Waals surface area contributed by atoms with Gasteiger partial charge in [-0.3, -0.25) is 5.10 Å². The Morgan fingerprint density at radius 3 is 2.45 bits per heavy atom. The number of nitrogen functional groups attached to an aromatic ring is 1. The molecular weight excluding hydrogens is 269 g/mol. The number of hydrogen-bond donors (Lipinski definition) is 2. The fraction of sp³-hybridized carbons (Fsp3) is 0.0769. The molecule has 2 aromatic heterocycles. The average molecular weight is 278 g/mol. The summed E-state index contributed by atoms with van der Waals surface area (Å²) in [5, 5.41) is 5.85. The zero-order valence-corrected chi connectivity index (χ0v) is 10.1. The van der Waals surface area contributed by atoms with E-state index in [1.165, 1.54) is 0 Å². The Kier molecular flexibility index (Phi) is 2.63. The molecule has 0 atom stereocenters. The van der Waals surface area contributed by atoms with E-state index in [1.54, 1.807) is 30.3 Å². The van der Waals surface area contributed by atoms with Crippen LogP contribution in [0, 0.1) is 0 Å². The van der Waals surface area contributed by atoms with Crippen molar-refractivity contribution in [2.24, 2.45) is 0 Å². The van der Waals surface area contributed by atoms with Crippen LogP contribution in [-0.4, -0.2) is 15.2 Å². The van der Waals surface area contributed by atoms with Crippen molar-refractivity contribution in [1.82, 2.24) is 15.2 Å². The van der Waals surface area contributed by atoms with Crippen molar-refractivity contribution in [3.8, 4) is 11.3 Å². The smallest absolute Gasteiger partial charge is 0.383 e. The molecule has 0 amide bonds. The molecule has 0 aliphatic heterocycles. The molecule has 3 rings (SSSR count). The van der Waals surface area contributed by atoms with Gasteiger partial charge in [-0.1, -0.05) is 30.3 Å². The molecular formula is C13H9F3N4. The molecule has 0 aliphatic rings. The van der Waals surface area contributed by atoms with E-state index in [2.05, 4.69) is 15.2 Å². The van der Waals surface area contributed by atoms with E-state index in [0.29, 0.717) is 5.56 Å². The maximum atomic E-state index is 13.1. The molecule has 0 spiro atoms. The molecule has 102 valence electrons. The van der Waals surface area contributed by atoms with Crippen LogP contribution >= 0.6 is 0 Å². The first-order chi connectivity index (χ1) is 9.47. The predicted molar refractivity (Wildman–Crippen MR) is 68.7 cm³/mol. The summed E-state index contributed by atoms with van der Waals surface area (Å²) in [6.45, 7) is 0. The summed E-state index contributed by atoms with van der Waals surface area (Å²) in [6, 6.07) is 9.60. The van der Waals surface area contributed by atoms with Gasteiger partial charge in [0.1, 0.15) is 5.82 Å². The zero-order chi connectivity index (χ0) is 14.3. The Morgan fingerprint density at radius 2 is 1.80 bits per heavy atom. The predicted octanol–water partition coefficient (Wildman–Crippen LogP) is 3.23. The quantitative estimate of drug-likeness (QED) is 0.718. The van der Waals surface area contributed by atoms with Crippen molar-refractivity contribution in [1.29, 1.82) is 0 Å². The Morgan fingerprint density at radius 1 is 1.10 bits per heavy atom. The standard InChI is InChI=1S/C13H9F3N4/c14-13(15,16)8-6-9(7-4-2-1-3-5-7)18-12-10(8)11(17)19-20-12/h1-6H,(H3,17,18,19,20). The van der Waals surface area contributed by atoms with E-state index in [0.717, 1.165) is 6.07 Å². The number of rotatable bonds is 1. The van der Waals surface area contributed by atoms with Gasteiger partial charge in [-0.05, 0) is 6.07 Å². The van der Waals surface area contributed by atoms with E-state index < -0.39 is 11.7 Å². The SMILES string of the molecule is Nc1[nH]nc2nc(-c3ccccc3)cc(C(F)(F)F)c12. The first-order valence-corrected chi connectivity index (χ1v) is 5.74. The number of nitrogens with two attached hydrogens (primary N) is 1. The number of pyridine rings is 1. The van der Waals surface area contributed by atoms with Gasteiger partial charge in [0.05, 0.1) is 16.6 Å². The maximum absolute atomic E-state index is 13.1. The van der Waals surface area contributed by atoms with Gasteiger partial charge < -0.3 is 5.73 Å². The van der Waals surface area contributed by atoms with Gasteiger partial charge >= 0.3 is 6.18 Å². The van der Waals surface area contributed by atoms with Crippen LogP contribution in [-0.2, 0) is 6.18 Å². The minimum atomic E-state index is -4.53. The summed E-state index contributed by atoms with van der Waals surface area (Å²) in [4.78, 5) is 4.12. The van der Waals surface area contributed by atoms with Crippen molar-refractivity contribution in [2.75, 3.05) is 5.73 Å². The minimum Gasteiger partial charge on any atom is -0.383 e. The highest BCUT2D eigenvalue weighted by Gasteiger charge is 2.35. The number of benzene rings is 1.